The summed E-state index contributed by atoms with van der Waals surface area (Å²) in [7, 11) is 0. The minimum atomic E-state index is -0.821. The van der Waals surface area contributed by atoms with E-state index in [4.69, 9.17) is 17.3 Å². The quantitative estimate of drug-likeness (QED) is 0.544. The van der Waals surface area contributed by atoms with E-state index in [-0.39, 0.29) is 22.2 Å². The second-order valence-electron chi connectivity index (χ2n) is 7.82. The molecule has 164 valence electrons. The summed E-state index contributed by atoms with van der Waals surface area (Å²) in [6, 6.07) is 8.96. The van der Waals surface area contributed by atoms with Crippen LogP contribution >= 0.6 is 11.6 Å². The average molecular weight is 454 g/mol. The summed E-state index contributed by atoms with van der Waals surface area (Å²) >= 11 is 5.98. The highest BCUT2D eigenvalue weighted by Gasteiger charge is 2.29. The summed E-state index contributed by atoms with van der Waals surface area (Å²) in [5.41, 5.74) is 8.29. The molecule has 0 spiro atoms. The first-order valence-electron chi connectivity index (χ1n) is 10.1. The molecule has 1 aliphatic rings. The minimum absolute atomic E-state index is 0.0524. The van der Waals surface area contributed by atoms with Crippen molar-refractivity contribution >= 4 is 23.4 Å². The molecule has 1 heterocycles. The molecule has 1 aromatic heterocycles. The molecule has 2 atom stereocenters. The van der Waals surface area contributed by atoms with Crippen molar-refractivity contribution in [2.24, 2.45) is 5.73 Å². The van der Waals surface area contributed by atoms with Crippen LogP contribution in [0.4, 0.5) is 4.39 Å². The normalized spacial score (nSPS) is 15.8. The number of pyridine rings is 1. The Morgan fingerprint density at radius 2 is 2.09 bits per heavy atom. The third-order valence-corrected chi connectivity index (χ3v) is 6.11. The van der Waals surface area contributed by atoms with E-state index in [1.54, 1.807) is 37.4 Å². The van der Waals surface area contributed by atoms with Gasteiger partial charge in [0.15, 0.2) is 0 Å². The van der Waals surface area contributed by atoms with Crippen LogP contribution in [0, 0.1) is 12.7 Å². The van der Waals surface area contributed by atoms with Crippen LogP contribution in [0.25, 0.3) is 0 Å². The van der Waals surface area contributed by atoms with E-state index in [0.717, 1.165) is 0 Å². The number of nitrogens with two attached hydrogens (primary N) is 1. The van der Waals surface area contributed by atoms with Gasteiger partial charge in [-0.2, -0.15) is 0 Å². The van der Waals surface area contributed by atoms with Crippen molar-refractivity contribution in [2.45, 2.75) is 31.7 Å². The molecule has 0 saturated heterocycles. The Morgan fingerprint density at radius 1 is 1.31 bits per heavy atom. The number of phenols is 1. The maximum absolute atomic E-state index is 14.1. The Balaban J connectivity index is 1.63. The van der Waals surface area contributed by atoms with Gasteiger partial charge in [0.1, 0.15) is 11.6 Å². The SMILES string of the molecule is Cc1c([C@@H](C(N)=O)c2cccnc2)ccc(C(=O)N[C@@H]2CCc3c(F)cc(Cl)cc32)c1O. The molecule has 1 aliphatic carbocycles. The van der Waals surface area contributed by atoms with Crippen LogP contribution in [0.2, 0.25) is 5.02 Å². The first kappa shape index (κ1) is 21.8. The number of nitrogens with zero attached hydrogens (tertiary/aromatic N) is 1. The van der Waals surface area contributed by atoms with Crippen molar-refractivity contribution in [3.63, 3.8) is 0 Å². The van der Waals surface area contributed by atoms with Gasteiger partial charge in [0.05, 0.1) is 17.5 Å². The highest BCUT2D eigenvalue weighted by atomic mass is 35.5. The van der Waals surface area contributed by atoms with Gasteiger partial charge in [-0.25, -0.2) is 4.39 Å². The molecule has 3 aromatic rings. The van der Waals surface area contributed by atoms with E-state index in [1.807, 2.05) is 0 Å². The van der Waals surface area contributed by atoms with E-state index >= 15 is 0 Å². The van der Waals surface area contributed by atoms with Gasteiger partial charge < -0.3 is 16.2 Å². The Morgan fingerprint density at radius 3 is 2.78 bits per heavy atom. The number of rotatable bonds is 5. The van der Waals surface area contributed by atoms with Gasteiger partial charge in [0.25, 0.3) is 5.91 Å². The highest BCUT2D eigenvalue weighted by Crippen LogP contribution is 2.37. The van der Waals surface area contributed by atoms with Gasteiger partial charge in [0, 0.05) is 17.4 Å². The van der Waals surface area contributed by atoms with Crippen molar-refractivity contribution in [3.8, 4) is 5.75 Å². The molecule has 8 heteroatoms. The lowest BCUT2D eigenvalue weighted by molar-refractivity contribution is -0.118. The Hall–Kier alpha value is -3.45. The van der Waals surface area contributed by atoms with Gasteiger partial charge in [-0.05, 0) is 71.8 Å². The highest BCUT2D eigenvalue weighted by molar-refractivity contribution is 6.30. The standard InChI is InChI=1S/C24H21ClFN3O3/c1-12-15(21(23(27)31)13-3-2-8-28-11-13)4-5-17(22(12)30)24(32)29-20-7-6-16-18(20)9-14(25)10-19(16)26/h2-5,8-11,20-21,30H,6-7H2,1H3,(H2,27,31)(H,29,32)/t20-,21+/m1/s1. The molecule has 4 rings (SSSR count). The zero-order chi connectivity index (χ0) is 23.0. The fourth-order valence-corrected chi connectivity index (χ4v) is 4.50. The Kier molecular flexibility index (Phi) is 5.84. The molecule has 4 N–H and O–H groups in total. The molecule has 0 radical (unpaired) electrons. The maximum atomic E-state index is 14.1. The second-order valence-corrected chi connectivity index (χ2v) is 8.25. The number of nitrogens with one attached hydrogen (secondary N) is 1. The van der Waals surface area contributed by atoms with Gasteiger partial charge in [0.2, 0.25) is 5.91 Å². The first-order valence-corrected chi connectivity index (χ1v) is 10.5. The molecule has 2 aromatic carbocycles. The topological polar surface area (TPSA) is 105 Å². The number of amides is 2. The molecule has 0 saturated carbocycles. The van der Waals surface area contributed by atoms with Gasteiger partial charge in [-0.1, -0.05) is 23.7 Å². The van der Waals surface area contributed by atoms with Crippen molar-refractivity contribution in [1.82, 2.24) is 10.3 Å². The number of hydrogen-bond acceptors (Lipinski definition) is 4. The molecular formula is C24H21ClFN3O3. The summed E-state index contributed by atoms with van der Waals surface area (Å²) in [5, 5.41) is 13.9. The van der Waals surface area contributed by atoms with Crippen LogP contribution in [0.1, 0.15) is 56.6 Å². The summed E-state index contributed by atoms with van der Waals surface area (Å²) in [4.78, 5) is 29.1. The zero-order valence-corrected chi connectivity index (χ0v) is 18.0. The van der Waals surface area contributed by atoms with Crippen LogP contribution in [-0.4, -0.2) is 21.9 Å². The number of aromatic nitrogens is 1. The molecule has 0 fully saturated rings. The van der Waals surface area contributed by atoms with Crippen LogP contribution in [0.5, 0.6) is 5.75 Å². The summed E-state index contributed by atoms with van der Waals surface area (Å²) in [6.45, 7) is 1.62. The van der Waals surface area contributed by atoms with E-state index in [2.05, 4.69) is 10.3 Å². The molecule has 0 aliphatic heterocycles. The Labute approximate surface area is 189 Å². The van der Waals surface area contributed by atoms with Crippen molar-refractivity contribution in [1.29, 1.82) is 0 Å². The summed E-state index contributed by atoms with van der Waals surface area (Å²) < 4.78 is 14.1. The molecule has 0 unspecified atom stereocenters. The fraction of sp³-hybridized carbons (Fsp3) is 0.208. The van der Waals surface area contributed by atoms with E-state index in [9.17, 15) is 19.1 Å². The molecule has 2 amide bonds. The lowest BCUT2D eigenvalue weighted by atomic mass is 9.87. The predicted octanol–water partition coefficient (Wildman–Crippen LogP) is 3.92. The Bertz CT molecular complexity index is 1220. The number of hydrogen-bond donors (Lipinski definition) is 3. The third-order valence-electron chi connectivity index (χ3n) is 5.89. The zero-order valence-electron chi connectivity index (χ0n) is 17.2. The molecule has 6 nitrogen and oxygen atoms in total. The fourth-order valence-electron chi connectivity index (χ4n) is 4.28. The molecule has 0 bridgehead atoms. The lowest BCUT2D eigenvalue weighted by Gasteiger charge is -2.20. The monoisotopic (exact) mass is 453 g/mol. The number of carbonyl (C=O) groups is 2. The number of phenolic OH excluding ortho intramolecular Hbond substituents is 1. The second kappa shape index (κ2) is 8.59. The van der Waals surface area contributed by atoms with E-state index in [0.29, 0.717) is 40.7 Å². The lowest BCUT2D eigenvalue weighted by Crippen LogP contribution is -2.28. The van der Waals surface area contributed by atoms with Gasteiger partial charge >= 0.3 is 0 Å². The smallest absolute Gasteiger partial charge is 0.255 e. The van der Waals surface area contributed by atoms with Crippen LogP contribution in [0.3, 0.4) is 0 Å². The number of fused-ring (bicyclic) bond motifs is 1. The summed E-state index contributed by atoms with van der Waals surface area (Å²) in [6.07, 6.45) is 4.13. The van der Waals surface area contributed by atoms with Crippen LogP contribution < -0.4 is 11.1 Å². The van der Waals surface area contributed by atoms with Crippen molar-refractivity contribution < 1.29 is 19.1 Å². The number of carbonyl (C=O) groups excluding carboxylic acids is 2. The van der Waals surface area contributed by atoms with Crippen LogP contribution in [-0.2, 0) is 11.2 Å². The molecular weight excluding hydrogens is 433 g/mol. The summed E-state index contributed by atoms with van der Waals surface area (Å²) in [5.74, 6) is -2.56. The molecule has 32 heavy (non-hydrogen) atoms. The van der Waals surface area contributed by atoms with Crippen molar-refractivity contribution in [3.05, 3.63) is 93.0 Å². The van der Waals surface area contributed by atoms with E-state index < -0.39 is 23.8 Å². The van der Waals surface area contributed by atoms with Gasteiger partial charge in [-0.3, -0.25) is 14.6 Å². The average Bonchev–Trinajstić information content (AvgIpc) is 3.14. The van der Waals surface area contributed by atoms with Crippen molar-refractivity contribution in [2.75, 3.05) is 0 Å². The van der Waals surface area contributed by atoms with Gasteiger partial charge in [-0.15, -0.1) is 0 Å². The maximum Gasteiger partial charge on any atom is 0.255 e. The minimum Gasteiger partial charge on any atom is -0.507 e. The largest absolute Gasteiger partial charge is 0.507 e. The number of halogens is 2. The number of benzene rings is 2. The predicted molar refractivity (Wildman–Crippen MR) is 118 cm³/mol. The number of primary amides is 1. The third kappa shape index (κ3) is 3.91. The first-order chi connectivity index (χ1) is 15.3. The van der Waals surface area contributed by atoms with Crippen LogP contribution in [0.15, 0.2) is 48.8 Å². The van der Waals surface area contributed by atoms with E-state index in [1.165, 1.54) is 18.3 Å². The number of aromatic hydroxyl groups is 1.